The van der Waals surface area contributed by atoms with E-state index in [4.69, 9.17) is 14.2 Å². The standard InChI is InChI=1S/C25H21N3O9S/c1-15-19(12-35-14-29)38-24-21(26-20(30)13-36-18-5-3-2-4-6-18)23(31)27(24)22(15)25(32)37-11-16-7-9-17(10-8-16)28(33)34/h2-10,12,14,21,24H,11,13H2,1H3,(H,26,30)/b19-12-. The smallest absolute Gasteiger partial charge is 0.355 e. The summed E-state index contributed by atoms with van der Waals surface area (Å²) in [5, 5.41) is 12.7. The monoisotopic (exact) mass is 539 g/mol. The first-order valence-corrected chi connectivity index (χ1v) is 12.1. The molecule has 1 saturated heterocycles. The zero-order valence-corrected chi connectivity index (χ0v) is 20.7. The third kappa shape index (κ3) is 5.67. The van der Waals surface area contributed by atoms with Crippen molar-refractivity contribution in [3.63, 3.8) is 0 Å². The number of thioether (sulfide) groups is 1. The van der Waals surface area contributed by atoms with E-state index in [1.807, 2.05) is 0 Å². The molecule has 2 amide bonds. The number of carbonyl (C=O) groups excluding carboxylic acids is 4. The summed E-state index contributed by atoms with van der Waals surface area (Å²) in [6, 6.07) is 13.2. The second-order valence-corrected chi connectivity index (χ2v) is 9.21. The number of nitrogens with zero attached hydrogens (tertiary/aromatic N) is 2. The van der Waals surface area contributed by atoms with Crippen LogP contribution in [0.1, 0.15) is 12.5 Å². The number of fused-ring (bicyclic) bond motifs is 1. The van der Waals surface area contributed by atoms with E-state index in [0.29, 0.717) is 21.8 Å². The van der Waals surface area contributed by atoms with Crippen LogP contribution in [0.2, 0.25) is 0 Å². The average molecular weight is 540 g/mol. The van der Waals surface area contributed by atoms with Crippen LogP contribution in [0.3, 0.4) is 0 Å². The highest BCUT2D eigenvalue weighted by atomic mass is 32.2. The Morgan fingerprint density at radius 1 is 1.16 bits per heavy atom. The molecule has 2 aliphatic heterocycles. The fourth-order valence-corrected chi connectivity index (χ4v) is 5.02. The van der Waals surface area contributed by atoms with Gasteiger partial charge >= 0.3 is 5.97 Å². The SMILES string of the molecule is CC1=C(C(=O)OCc2ccc([N+](=O)[O-])cc2)N2C(=O)C(NC(=O)COc3ccccc3)C2S/C1=C\OC=O. The number of para-hydroxylation sites is 1. The molecule has 0 saturated carbocycles. The van der Waals surface area contributed by atoms with E-state index in [-0.39, 0.29) is 31.1 Å². The van der Waals surface area contributed by atoms with Crippen LogP contribution in [0.5, 0.6) is 5.75 Å². The molecule has 0 spiro atoms. The highest BCUT2D eigenvalue weighted by molar-refractivity contribution is 8.04. The van der Waals surface area contributed by atoms with Crippen LogP contribution in [0, 0.1) is 10.1 Å². The van der Waals surface area contributed by atoms with Gasteiger partial charge in [0.05, 0.1) is 4.92 Å². The molecule has 2 unspecified atom stereocenters. The number of amides is 2. The maximum atomic E-state index is 13.1. The summed E-state index contributed by atoms with van der Waals surface area (Å²) in [5.74, 6) is -1.39. The van der Waals surface area contributed by atoms with Crippen molar-refractivity contribution in [2.75, 3.05) is 6.61 Å². The Kier molecular flexibility index (Phi) is 8.06. The Morgan fingerprint density at radius 3 is 2.53 bits per heavy atom. The van der Waals surface area contributed by atoms with Gasteiger partial charge in [0.2, 0.25) is 0 Å². The van der Waals surface area contributed by atoms with Gasteiger partial charge in [-0.2, -0.15) is 0 Å². The number of esters is 1. The van der Waals surface area contributed by atoms with Crippen molar-refractivity contribution in [3.8, 4) is 5.75 Å². The number of nitro groups is 1. The van der Waals surface area contributed by atoms with Gasteiger partial charge in [-0.25, -0.2) is 4.79 Å². The first-order valence-electron chi connectivity index (χ1n) is 11.2. The highest BCUT2D eigenvalue weighted by Gasteiger charge is 2.55. The zero-order chi connectivity index (χ0) is 27.2. The van der Waals surface area contributed by atoms with Gasteiger partial charge in [0.15, 0.2) is 6.61 Å². The van der Waals surface area contributed by atoms with E-state index in [2.05, 4.69) is 5.32 Å². The Bertz CT molecular complexity index is 1330. The average Bonchev–Trinajstić information content (AvgIpc) is 2.93. The van der Waals surface area contributed by atoms with Crippen LogP contribution in [-0.2, 0) is 35.3 Å². The normalized spacial score (nSPS) is 19.2. The third-order valence-corrected chi connectivity index (χ3v) is 7.01. The van der Waals surface area contributed by atoms with Crippen LogP contribution >= 0.6 is 11.8 Å². The molecular weight excluding hydrogens is 518 g/mol. The zero-order valence-electron chi connectivity index (χ0n) is 19.9. The van der Waals surface area contributed by atoms with Crippen molar-refractivity contribution in [2.45, 2.75) is 24.9 Å². The van der Waals surface area contributed by atoms with E-state index >= 15 is 0 Å². The number of allylic oxidation sites excluding steroid dienone is 1. The first-order chi connectivity index (χ1) is 18.3. The Hall–Kier alpha value is -4.65. The molecule has 2 aromatic rings. The van der Waals surface area contributed by atoms with Gasteiger partial charge in [-0.3, -0.25) is 29.4 Å². The van der Waals surface area contributed by atoms with Crippen molar-refractivity contribution >= 4 is 41.7 Å². The lowest BCUT2D eigenvalue weighted by atomic mass is 10.0. The quantitative estimate of drug-likeness (QED) is 0.119. The molecule has 2 heterocycles. The minimum absolute atomic E-state index is 0.0626. The number of hydrogen-bond acceptors (Lipinski definition) is 10. The number of nitro benzene ring substituents is 1. The van der Waals surface area contributed by atoms with E-state index in [0.717, 1.165) is 18.0 Å². The number of ether oxygens (including phenoxy) is 3. The third-order valence-electron chi connectivity index (χ3n) is 5.63. The molecule has 0 aliphatic carbocycles. The molecule has 12 nitrogen and oxygen atoms in total. The molecule has 13 heteroatoms. The fraction of sp³-hybridized carbons (Fsp3) is 0.200. The number of hydrogen-bond donors (Lipinski definition) is 1. The molecule has 196 valence electrons. The summed E-state index contributed by atoms with van der Waals surface area (Å²) in [6.07, 6.45) is 1.15. The maximum Gasteiger partial charge on any atom is 0.355 e. The van der Waals surface area contributed by atoms with E-state index < -0.39 is 34.1 Å². The molecule has 2 atom stereocenters. The highest BCUT2D eigenvalue weighted by Crippen LogP contribution is 2.46. The van der Waals surface area contributed by atoms with Crippen molar-refractivity contribution in [1.82, 2.24) is 10.2 Å². The number of non-ortho nitro benzene ring substituents is 1. The number of rotatable bonds is 10. The topological polar surface area (TPSA) is 154 Å². The minimum atomic E-state index is -0.961. The van der Waals surface area contributed by atoms with Gasteiger partial charge < -0.3 is 19.5 Å². The van der Waals surface area contributed by atoms with Crippen LogP contribution in [-0.4, -0.2) is 52.1 Å². The lowest BCUT2D eigenvalue weighted by molar-refractivity contribution is -0.384. The van der Waals surface area contributed by atoms with E-state index in [9.17, 15) is 29.3 Å². The Labute approximate surface area is 220 Å². The van der Waals surface area contributed by atoms with Crippen molar-refractivity contribution in [1.29, 1.82) is 0 Å². The molecule has 4 rings (SSSR count). The molecule has 0 bridgehead atoms. The van der Waals surface area contributed by atoms with Gasteiger partial charge in [0, 0.05) is 17.0 Å². The minimum Gasteiger partial charge on any atom is -0.484 e. The lowest BCUT2D eigenvalue weighted by Gasteiger charge is -2.49. The predicted molar refractivity (Wildman–Crippen MR) is 133 cm³/mol. The molecule has 1 N–H and O–H groups in total. The fourth-order valence-electron chi connectivity index (χ4n) is 3.74. The number of carbonyl (C=O) groups is 4. The number of benzene rings is 2. The summed E-state index contributed by atoms with van der Waals surface area (Å²) >= 11 is 1.13. The largest absolute Gasteiger partial charge is 0.484 e. The Morgan fingerprint density at radius 2 is 1.87 bits per heavy atom. The van der Waals surface area contributed by atoms with Gasteiger partial charge in [-0.05, 0) is 42.3 Å². The molecule has 0 radical (unpaired) electrons. The molecule has 1 fully saturated rings. The summed E-state index contributed by atoms with van der Waals surface area (Å²) in [5.41, 5.74) is 0.673. The molecule has 0 aromatic heterocycles. The predicted octanol–water partition coefficient (Wildman–Crippen LogP) is 2.41. The van der Waals surface area contributed by atoms with Crippen LogP contribution in [0.25, 0.3) is 0 Å². The van der Waals surface area contributed by atoms with Gasteiger partial charge in [0.25, 0.3) is 24.0 Å². The van der Waals surface area contributed by atoms with Crippen molar-refractivity contribution in [3.05, 3.63) is 92.7 Å². The van der Waals surface area contributed by atoms with Gasteiger partial charge in [0.1, 0.15) is 35.7 Å². The van der Waals surface area contributed by atoms with Gasteiger partial charge in [-0.15, -0.1) is 0 Å². The van der Waals surface area contributed by atoms with Crippen molar-refractivity contribution in [2.24, 2.45) is 0 Å². The van der Waals surface area contributed by atoms with Crippen LogP contribution in [0.15, 0.2) is 77.0 Å². The van der Waals surface area contributed by atoms with E-state index in [1.165, 1.54) is 29.2 Å². The summed E-state index contributed by atoms with van der Waals surface area (Å²) in [4.78, 5) is 61.2. The molecule has 38 heavy (non-hydrogen) atoms. The summed E-state index contributed by atoms with van der Waals surface area (Å²) in [7, 11) is 0. The molecule has 2 aliphatic rings. The maximum absolute atomic E-state index is 13.1. The Balaban J connectivity index is 1.46. The lowest BCUT2D eigenvalue weighted by Crippen LogP contribution is -2.70. The van der Waals surface area contributed by atoms with Crippen molar-refractivity contribution < 1.29 is 38.3 Å². The number of β-lactam (4-membered cyclic amide) rings is 1. The number of nitrogens with one attached hydrogen (secondary N) is 1. The van der Waals surface area contributed by atoms with Gasteiger partial charge in [-0.1, -0.05) is 30.0 Å². The van der Waals surface area contributed by atoms with E-state index in [1.54, 1.807) is 37.3 Å². The summed E-state index contributed by atoms with van der Waals surface area (Å²) in [6.45, 7) is 1.26. The molecular formula is C25H21N3O9S. The molecule has 2 aromatic carbocycles. The van der Waals surface area contributed by atoms with Crippen LogP contribution < -0.4 is 10.1 Å². The second kappa shape index (κ2) is 11.6. The first kappa shape index (κ1) is 26.4. The summed E-state index contributed by atoms with van der Waals surface area (Å²) < 4.78 is 15.6. The second-order valence-electron chi connectivity index (χ2n) is 8.05. The van der Waals surface area contributed by atoms with Crippen LogP contribution in [0.4, 0.5) is 5.69 Å².